The summed E-state index contributed by atoms with van der Waals surface area (Å²) in [5, 5.41) is 14.3. The molecular formula is C12H18N2O3S. The summed E-state index contributed by atoms with van der Waals surface area (Å²) in [7, 11) is 0. The number of carbonyl (C=O) groups is 1. The van der Waals surface area contributed by atoms with E-state index in [2.05, 4.69) is 10.3 Å². The van der Waals surface area contributed by atoms with Crippen molar-refractivity contribution in [3.63, 3.8) is 0 Å². The Morgan fingerprint density at radius 1 is 1.56 bits per heavy atom. The average molecular weight is 270 g/mol. The van der Waals surface area contributed by atoms with Crippen molar-refractivity contribution in [1.82, 2.24) is 4.98 Å². The number of carbonyl (C=O) groups excluding carboxylic acids is 1. The third kappa shape index (κ3) is 3.43. The van der Waals surface area contributed by atoms with Crippen LogP contribution in [0.15, 0.2) is 5.38 Å². The normalized spacial score (nSPS) is 23.3. The molecule has 1 fully saturated rings. The summed E-state index contributed by atoms with van der Waals surface area (Å²) < 4.78 is 5.15. The van der Waals surface area contributed by atoms with E-state index in [0.717, 1.165) is 18.5 Å². The van der Waals surface area contributed by atoms with E-state index in [1.54, 1.807) is 0 Å². The van der Waals surface area contributed by atoms with Crippen molar-refractivity contribution in [2.45, 2.75) is 51.2 Å². The monoisotopic (exact) mass is 270 g/mol. The number of thiazole rings is 1. The number of ether oxygens (including phenoxy) is 1. The molecule has 0 aliphatic heterocycles. The third-order valence-electron chi connectivity index (χ3n) is 2.66. The second-order valence-corrected chi connectivity index (χ2v) is 6.38. The highest BCUT2D eigenvalue weighted by Crippen LogP contribution is 2.37. The van der Waals surface area contributed by atoms with Gasteiger partial charge in [0, 0.05) is 11.3 Å². The summed E-state index contributed by atoms with van der Waals surface area (Å²) in [6.07, 6.45) is 0.835. The minimum absolute atomic E-state index is 0.195. The van der Waals surface area contributed by atoms with Crippen LogP contribution >= 0.6 is 11.3 Å². The molecule has 1 aliphatic rings. The maximum absolute atomic E-state index is 11.5. The fraction of sp³-hybridized carbons (Fsp3) is 0.667. The van der Waals surface area contributed by atoms with E-state index in [-0.39, 0.29) is 6.10 Å². The van der Waals surface area contributed by atoms with Gasteiger partial charge in [0.1, 0.15) is 5.60 Å². The zero-order chi connectivity index (χ0) is 13.3. The molecule has 5 nitrogen and oxygen atoms in total. The van der Waals surface area contributed by atoms with Gasteiger partial charge in [-0.1, -0.05) is 0 Å². The number of anilines is 1. The highest BCUT2D eigenvalue weighted by Gasteiger charge is 2.30. The summed E-state index contributed by atoms with van der Waals surface area (Å²) in [4.78, 5) is 15.9. The fourth-order valence-electron chi connectivity index (χ4n) is 1.75. The molecule has 0 radical (unpaired) electrons. The quantitative estimate of drug-likeness (QED) is 0.866. The molecule has 0 spiro atoms. The van der Waals surface area contributed by atoms with Crippen LogP contribution in [0.5, 0.6) is 0 Å². The van der Waals surface area contributed by atoms with Gasteiger partial charge in [0.05, 0.1) is 11.8 Å². The lowest BCUT2D eigenvalue weighted by Gasteiger charge is -2.29. The topological polar surface area (TPSA) is 71.5 Å². The van der Waals surface area contributed by atoms with E-state index < -0.39 is 11.7 Å². The molecule has 0 saturated heterocycles. The Kier molecular flexibility index (Phi) is 3.59. The van der Waals surface area contributed by atoms with Crippen LogP contribution in [0.2, 0.25) is 0 Å². The lowest BCUT2D eigenvalue weighted by atomic mass is 9.81. The minimum Gasteiger partial charge on any atom is -0.444 e. The van der Waals surface area contributed by atoms with Crippen LogP contribution < -0.4 is 5.32 Å². The van der Waals surface area contributed by atoms with Crippen molar-refractivity contribution in [2.24, 2.45) is 0 Å². The van der Waals surface area contributed by atoms with Crippen LogP contribution in [0.3, 0.4) is 0 Å². The molecule has 1 aromatic rings. The summed E-state index contributed by atoms with van der Waals surface area (Å²) in [5.74, 6) is 0.324. The van der Waals surface area contributed by atoms with Crippen molar-refractivity contribution in [1.29, 1.82) is 0 Å². The predicted molar refractivity (Wildman–Crippen MR) is 70.0 cm³/mol. The van der Waals surface area contributed by atoms with Crippen molar-refractivity contribution in [3.8, 4) is 0 Å². The van der Waals surface area contributed by atoms with Crippen LogP contribution in [0.1, 0.15) is 45.2 Å². The highest BCUT2D eigenvalue weighted by atomic mass is 32.1. The number of hydrogen-bond donors (Lipinski definition) is 2. The first-order chi connectivity index (χ1) is 8.33. The number of aliphatic hydroxyl groups is 1. The standard InChI is InChI=1S/C12H18N2O3S/c1-12(2,3)17-11(16)14-10-13-9(6-18-10)7-4-8(15)5-7/h6-8,15H,4-5H2,1-3H3,(H,13,14,16). The minimum atomic E-state index is -0.512. The second kappa shape index (κ2) is 4.85. The van der Waals surface area contributed by atoms with Crippen LogP contribution in [-0.4, -0.2) is 27.9 Å². The van der Waals surface area contributed by atoms with Crippen LogP contribution in [0.25, 0.3) is 0 Å². The number of hydrogen-bond acceptors (Lipinski definition) is 5. The molecule has 0 unspecified atom stereocenters. The molecule has 1 aliphatic carbocycles. The number of nitrogens with one attached hydrogen (secondary N) is 1. The maximum Gasteiger partial charge on any atom is 0.413 e. The third-order valence-corrected chi connectivity index (χ3v) is 3.44. The summed E-state index contributed by atoms with van der Waals surface area (Å²) in [6.45, 7) is 5.45. The number of rotatable bonds is 2. The molecule has 6 heteroatoms. The number of amides is 1. The van der Waals surface area contributed by atoms with E-state index in [9.17, 15) is 9.90 Å². The van der Waals surface area contributed by atoms with Gasteiger partial charge in [-0.3, -0.25) is 5.32 Å². The lowest BCUT2D eigenvalue weighted by molar-refractivity contribution is 0.0634. The number of nitrogens with zero attached hydrogens (tertiary/aromatic N) is 1. The van der Waals surface area contributed by atoms with Gasteiger partial charge in [0.15, 0.2) is 5.13 Å². The molecule has 0 atom stereocenters. The number of aromatic nitrogens is 1. The number of aliphatic hydroxyl groups excluding tert-OH is 1. The van der Waals surface area contributed by atoms with Crippen LogP contribution in [-0.2, 0) is 4.74 Å². The molecule has 0 aromatic carbocycles. The molecule has 100 valence electrons. The first-order valence-corrected chi connectivity index (χ1v) is 6.85. The molecule has 18 heavy (non-hydrogen) atoms. The van der Waals surface area contributed by atoms with Gasteiger partial charge in [0.2, 0.25) is 0 Å². The summed E-state index contributed by atoms with van der Waals surface area (Å²) in [5.41, 5.74) is 0.429. The molecule has 1 aromatic heterocycles. The molecular weight excluding hydrogens is 252 g/mol. The van der Waals surface area contributed by atoms with Gasteiger partial charge in [-0.25, -0.2) is 9.78 Å². The van der Waals surface area contributed by atoms with Crippen molar-refractivity contribution >= 4 is 22.6 Å². The Labute approximate surface area is 110 Å². The molecule has 1 amide bonds. The Morgan fingerprint density at radius 3 is 2.78 bits per heavy atom. The van der Waals surface area contributed by atoms with Gasteiger partial charge < -0.3 is 9.84 Å². The molecule has 0 bridgehead atoms. The average Bonchev–Trinajstić information content (AvgIpc) is 2.57. The van der Waals surface area contributed by atoms with Gasteiger partial charge in [-0.05, 0) is 33.6 Å². The molecule has 2 rings (SSSR count). The molecule has 1 heterocycles. The van der Waals surface area contributed by atoms with Gasteiger partial charge in [0.25, 0.3) is 0 Å². The Hall–Kier alpha value is -1.14. The van der Waals surface area contributed by atoms with Crippen molar-refractivity contribution in [2.75, 3.05) is 5.32 Å². The van der Waals surface area contributed by atoms with Crippen LogP contribution in [0.4, 0.5) is 9.93 Å². The highest BCUT2D eigenvalue weighted by molar-refractivity contribution is 7.13. The van der Waals surface area contributed by atoms with E-state index in [4.69, 9.17) is 4.74 Å². The van der Waals surface area contributed by atoms with E-state index in [1.807, 2.05) is 26.2 Å². The smallest absolute Gasteiger partial charge is 0.413 e. The molecule has 1 saturated carbocycles. The Bertz CT molecular complexity index is 433. The van der Waals surface area contributed by atoms with Crippen molar-refractivity contribution < 1.29 is 14.6 Å². The van der Waals surface area contributed by atoms with E-state index in [0.29, 0.717) is 11.0 Å². The fourth-order valence-corrected chi connectivity index (χ4v) is 2.53. The first-order valence-electron chi connectivity index (χ1n) is 5.97. The van der Waals surface area contributed by atoms with Gasteiger partial charge in [-0.15, -0.1) is 11.3 Å². The van der Waals surface area contributed by atoms with Gasteiger partial charge >= 0.3 is 6.09 Å². The van der Waals surface area contributed by atoms with E-state index in [1.165, 1.54) is 11.3 Å². The summed E-state index contributed by atoms with van der Waals surface area (Å²) >= 11 is 1.38. The second-order valence-electron chi connectivity index (χ2n) is 5.53. The summed E-state index contributed by atoms with van der Waals surface area (Å²) in [6, 6.07) is 0. The largest absolute Gasteiger partial charge is 0.444 e. The first kappa shape index (κ1) is 13.3. The maximum atomic E-state index is 11.5. The van der Waals surface area contributed by atoms with E-state index >= 15 is 0 Å². The lowest BCUT2D eigenvalue weighted by Crippen LogP contribution is -2.27. The van der Waals surface area contributed by atoms with Crippen LogP contribution in [0, 0.1) is 0 Å². The Morgan fingerprint density at radius 2 is 2.22 bits per heavy atom. The SMILES string of the molecule is CC(C)(C)OC(=O)Nc1nc(C2CC(O)C2)cs1. The van der Waals surface area contributed by atoms with Crippen molar-refractivity contribution in [3.05, 3.63) is 11.1 Å². The zero-order valence-electron chi connectivity index (χ0n) is 10.8. The predicted octanol–water partition coefficient (Wildman–Crippen LogP) is 2.73. The Balaban J connectivity index is 1.89. The van der Waals surface area contributed by atoms with Gasteiger partial charge in [-0.2, -0.15) is 0 Å². The zero-order valence-corrected chi connectivity index (χ0v) is 11.6. The molecule has 2 N–H and O–H groups in total.